The van der Waals surface area contributed by atoms with Crippen molar-refractivity contribution < 1.29 is 47.5 Å². The molecule has 5 amide bonds. The minimum atomic E-state index is -0.405. The second-order valence-electron chi connectivity index (χ2n) is 22.3. The number of hydrogen-bond acceptors (Lipinski definition) is 12. The van der Waals surface area contributed by atoms with Gasteiger partial charge in [0.15, 0.2) is 5.71 Å². The Morgan fingerprint density at radius 3 is 2.20 bits per heavy atom. The zero-order valence-electron chi connectivity index (χ0n) is 48.5. The number of rotatable bonds is 31. The number of imide groups is 1. The highest BCUT2D eigenvalue weighted by Crippen LogP contribution is 2.48. The average Bonchev–Trinajstić information content (AvgIpc) is 4.29. The summed E-state index contributed by atoms with van der Waals surface area (Å²) in [6, 6.07) is 24.6. The van der Waals surface area contributed by atoms with E-state index in [0.717, 1.165) is 50.6 Å². The van der Waals surface area contributed by atoms with Gasteiger partial charge in [-0.1, -0.05) is 92.2 Å². The lowest BCUT2D eigenvalue weighted by atomic mass is 9.81. The van der Waals surface area contributed by atoms with Crippen LogP contribution in [0.1, 0.15) is 108 Å². The molecule has 1 fully saturated rings. The lowest BCUT2D eigenvalue weighted by molar-refractivity contribution is -0.401. The van der Waals surface area contributed by atoms with Gasteiger partial charge in [0, 0.05) is 79.1 Å². The Labute approximate surface area is 482 Å². The maximum absolute atomic E-state index is 12.9. The van der Waals surface area contributed by atoms with Crippen LogP contribution in [0.25, 0.3) is 0 Å². The van der Waals surface area contributed by atoms with Crippen molar-refractivity contribution in [2.75, 3.05) is 89.8 Å². The second-order valence-corrected chi connectivity index (χ2v) is 22.3. The number of carbonyl (C=O) groups is 5. The number of unbranched alkanes of at least 4 members (excludes halogenated alkanes) is 2. The first-order chi connectivity index (χ1) is 39.7. The quantitative estimate of drug-likeness (QED) is 0.0250. The van der Waals surface area contributed by atoms with Crippen molar-refractivity contribution in [1.29, 1.82) is 0 Å². The van der Waals surface area contributed by atoms with Crippen LogP contribution >= 0.6 is 0 Å². The summed E-state index contributed by atoms with van der Waals surface area (Å²) in [7, 11) is 2.18. The number of β-lactam (4-membered cyclic amide) rings is 1. The number of nitrogens with one attached hydrogen (secondary N) is 3. The molecule has 0 spiro atoms. The average molecular weight is 1120 g/mol. The number of hydrogen-bond donors (Lipinski definition) is 3. The summed E-state index contributed by atoms with van der Waals surface area (Å²) in [6.07, 6.45) is 21.2. The summed E-state index contributed by atoms with van der Waals surface area (Å²) < 4.78 is 26.1. The predicted octanol–water partition coefficient (Wildman–Crippen LogP) is 7.95. The largest absolute Gasteiger partial charge is 0.377 e. The molecule has 4 aromatic rings. The van der Waals surface area contributed by atoms with E-state index in [1.165, 1.54) is 50.0 Å². The molecule has 0 unspecified atom stereocenters. The lowest BCUT2D eigenvalue weighted by Gasteiger charge is -2.28. The van der Waals surface area contributed by atoms with Crippen molar-refractivity contribution in [2.24, 2.45) is 0 Å². The molecule has 82 heavy (non-hydrogen) atoms. The van der Waals surface area contributed by atoms with E-state index in [9.17, 15) is 24.0 Å². The molecular weight excluding hydrogens is 1040 g/mol. The van der Waals surface area contributed by atoms with Crippen molar-refractivity contribution in [1.82, 2.24) is 30.5 Å². The third-order valence-electron chi connectivity index (χ3n) is 15.6. The van der Waals surface area contributed by atoms with Crippen LogP contribution in [-0.4, -0.2) is 139 Å². The number of ether oxygens (including phenoxy) is 4. The van der Waals surface area contributed by atoms with Gasteiger partial charge in [-0.25, -0.2) is 4.68 Å². The second kappa shape index (κ2) is 29.6. The van der Waals surface area contributed by atoms with Gasteiger partial charge in [0.1, 0.15) is 26.0 Å². The van der Waals surface area contributed by atoms with Crippen LogP contribution in [0, 0.1) is 0 Å². The van der Waals surface area contributed by atoms with Crippen LogP contribution in [0.5, 0.6) is 0 Å². The number of nitrogens with zero attached hydrogens (tertiary/aromatic N) is 6. The maximum Gasteiger partial charge on any atom is 0.250 e. The molecule has 4 heterocycles. The highest BCUT2D eigenvalue weighted by molar-refractivity contribution is 6.03. The normalized spacial score (nSPS) is 17.1. The third kappa shape index (κ3) is 16.6. The van der Waals surface area contributed by atoms with Crippen molar-refractivity contribution in [3.05, 3.63) is 149 Å². The standard InChI is InChI=1S/C64H81N9O9/c1-63(2)52-16-8-10-18-54(52)70(5)56(63)28-23-48-14-13-15-49(42-48)24-29-57-64(3,4)53-17-9-11-19-55(53)72(57)33-12-6-7-20-58(74)66-43-51-44-71(69-68-51)35-37-80-39-41-81-40-38-79-36-32-65-59(75)45-82-46-60(76)67-50-26-21-47(22-27-50)25-30-61(77)73-34-31-62(73)78/h8-11,16-19,21-24,26-29,42,44H,6-7,12-15,20,25,30-41,43,45-46H2,1-5H3,(H2-,65,66,67,74,75,76)/p+1. The van der Waals surface area contributed by atoms with E-state index in [1.54, 1.807) is 16.8 Å². The van der Waals surface area contributed by atoms with Crippen molar-refractivity contribution in [3.8, 4) is 0 Å². The Morgan fingerprint density at radius 2 is 1.44 bits per heavy atom. The van der Waals surface area contributed by atoms with Gasteiger partial charge in [0.25, 0.3) is 0 Å². The van der Waals surface area contributed by atoms with E-state index in [-0.39, 0.29) is 67.2 Å². The number of fused-ring (bicyclic) bond motifs is 2. The van der Waals surface area contributed by atoms with Crippen LogP contribution in [0.15, 0.2) is 126 Å². The Bertz CT molecular complexity index is 3040. The molecule has 3 aromatic carbocycles. The Hall–Kier alpha value is -7.38. The molecule has 1 saturated heterocycles. The summed E-state index contributed by atoms with van der Waals surface area (Å²) in [5, 5.41) is 16.8. The smallest absolute Gasteiger partial charge is 0.250 e. The number of amides is 5. The predicted molar refractivity (Wildman–Crippen MR) is 316 cm³/mol. The Morgan fingerprint density at radius 1 is 0.707 bits per heavy atom. The fraction of sp³-hybridized carbons (Fsp3) is 0.469. The molecule has 1 aliphatic carbocycles. The number of anilines is 2. The minimum absolute atomic E-state index is 0.00155. The highest BCUT2D eigenvalue weighted by Gasteiger charge is 2.43. The van der Waals surface area contributed by atoms with Crippen LogP contribution < -0.4 is 20.9 Å². The lowest BCUT2D eigenvalue weighted by Crippen LogP contribution is -2.47. The molecule has 3 aliphatic heterocycles. The molecule has 18 nitrogen and oxygen atoms in total. The molecule has 0 radical (unpaired) electrons. The summed E-state index contributed by atoms with van der Waals surface area (Å²) in [4.78, 5) is 64.5. The minimum Gasteiger partial charge on any atom is -0.377 e. The van der Waals surface area contributed by atoms with Crippen LogP contribution in [0.2, 0.25) is 0 Å². The molecule has 8 rings (SSSR count). The fourth-order valence-electron chi connectivity index (χ4n) is 10.9. The van der Waals surface area contributed by atoms with E-state index in [4.69, 9.17) is 18.9 Å². The van der Waals surface area contributed by atoms with Gasteiger partial charge < -0.3 is 39.8 Å². The summed E-state index contributed by atoms with van der Waals surface area (Å²) in [6.45, 7) is 13.4. The zero-order chi connectivity index (χ0) is 57.9. The van der Waals surface area contributed by atoms with Gasteiger partial charge >= 0.3 is 0 Å². The molecule has 3 N–H and O–H groups in total. The van der Waals surface area contributed by atoms with E-state index in [0.29, 0.717) is 83.3 Å². The number of allylic oxidation sites excluding steroid dienone is 8. The topological polar surface area (TPSA) is 199 Å². The van der Waals surface area contributed by atoms with E-state index < -0.39 is 5.91 Å². The number of para-hydroxylation sites is 2. The van der Waals surface area contributed by atoms with Crippen molar-refractivity contribution >= 4 is 52.3 Å². The molecule has 1 aromatic heterocycles. The number of aryl methyl sites for hydroxylation is 1. The van der Waals surface area contributed by atoms with Gasteiger partial charge in [-0.15, -0.1) is 5.10 Å². The maximum atomic E-state index is 12.9. The van der Waals surface area contributed by atoms with Crippen LogP contribution in [-0.2, 0) is 73.3 Å². The van der Waals surface area contributed by atoms with Crippen LogP contribution in [0.4, 0.5) is 17.1 Å². The van der Waals surface area contributed by atoms with Crippen molar-refractivity contribution in [2.45, 2.75) is 116 Å². The molecule has 0 atom stereocenters. The fourth-order valence-corrected chi connectivity index (χ4v) is 10.9. The Kier molecular flexibility index (Phi) is 21.9. The van der Waals surface area contributed by atoms with Gasteiger partial charge in [-0.3, -0.25) is 28.9 Å². The molecule has 18 heteroatoms. The van der Waals surface area contributed by atoms with Gasteiger partial charge in [0.2, 0.25) is 35.2 Å². The van der Waals surface area contributed by atoms with E-state index >= 15 is 0 Å². The molecular formula is C64H82N9O9+. The first kappa shape index (κ1) is 60.7. The zero-order valence-corrected chi connectivity index (χ0v) is 48.5. The van der Waals surface area contributed by atoms with E-state index in [2.05, 4.69) is 149 Å². The van der Waals surface area contributed by atoms with Crippen molar-refractivity contribution in [3.63, 3.8) is 0 Å². The third-order valence-corrected chi connectivity index (χ3v) is 15.6. The van der Waals surface area contributed by atoms with Gasteiger partial charge in [0.05, 0.1) is 64.3 Å². The Balaban J connectivity index is 0.633. The van der Waals surface area contributed by atoms with E-state index in [1.807, 2.05) is 18.3 Å². The number of carbonyl (C=O) groups excluding carboxylic acids is 5. The SMILES string of the molecule is C[N+]1=C(/C=C/C2=CC(=C/C=C3/N(CCCCCC(=O)NCc4cn(CCOCCOCCOCCNC(=O)COCC(=O)Nc5ccc(CCC(=O)N6CCC6=O)cc5)nn4)c4ccccc4C3(C)C)/CCC2)C(C)(C)c2ccccc21. The van der Waals surface area contributed by atoms with Gasteiger partial charge in [-0.05, 0) is 98.9 Å². The summed E-state index contributed by atoms with van der Waals surface area (Å²) in [5.74, 6) is -1.08. The molecule has 4 aliphatic rings. The number of aromatic nitrogens is 3. The number of benzene rings is 3. The first-order valence-electron chi connectivity index (χ1n) is 29.0. The monoisotopic (exact) mass is 1120 g/mol. The summed E-state index contributed by atoms with van der Waals surface area (Å²) >= 11 is 0. The molecule has 436 valence electrons. The van der Waals surface area contributed by atoms with Gasteiger partial charge in [-0.2, -0.15) is 4.58 Å². The summed E-state index contributed by atoms with van der Waals surface area (Å²) in [5.41, 5.74) is 12.6. The number of likely N-dealkylation sites (tertiary alicyclic amines) is 1. The molecule has 0 saturated carbocycles. The van der Waals surface area contributed by atoms with Crippen LogP contribution in [0.3, 0.4) is 0 Å². The first-order valence-corrected chi connectivity index (χ1v) is 29.0. The highest BCUT2D eigenvalue weighted by atomic mass is 16.5. The molecule has 0 bridgehead atoms.